The molecule has 3 heteroatoms. The number of hydrogen-bond acceptors (Lipinski definition) is 1. The molecule has 4 aromatic carbocycles. The first kappa shape index (κ1) is 16.0. The molecule has 2 aromatic heterocycles. The maximum Gasteiger partial charge on any atom is 0.0998 e. The summed E-state index contributed by atoms with van der Waals surface area (Å²) in [6.45, 7) is 0. The van der Waals surface area contributed by atoms with Gasteiger partial charge in [0.2, 0.25) is 0 Å². The number of hydrogen-bond donors (Lipinski definition) is 0. The van der Waals surface area contributed by atoms with Crippen LogP contribution in [0.3, 0.4) is 0 Å². The lowest BCUT2D eigenvalue weighted by Crippen LogP contribution is -1.95. The quantitative estimate of drug-likeness (QED) is 0.334. The van der Waals surface area contributed by atoms with E-state index in [1.165, 1.54) is 21.8 Å². The Morgan fingerprint density at radius 1 is 0.655 bits per heavy atom. The molecule has 0 saturated heterocycles. The Hall–Kier alpha value is -4.03. The number of aromatic nitrogens is 2. The zero-order valence-corrected chi connectivity index (χ0v) is 15.9. The fourth-order valence-electron chi connectivity index (χ4n) is 4.68. The van der Waals surface area contributed by atoms with E-state index in [0.29, 0.717) is 5.56 Å². The third kappa shape index (κ3) is 2.06. The molecule has 0 N–H and O–H groups in total. The van der Waals surface area contributed by atoms with Crippen LogP contribution in [0.2, 0.25) is 0 Å². The molecule has 0 aliphatic carbocycles. The highest BCUT2D eigenvalue weighted by atomic mass is 15.0. The van der Waals surface area contributed by atoms with E-state index in [1.54, 1.807) is 0 Å². The molecule has 2 heterocycles. The molecule has 0 aliphatic rings. The first-order valence-corrected chi connectivity index (χ1v) is 9.68. The molecular formula is C26H17N3. The fourth-order valence-corrected chi connectivity index (χ4v) is 4.68. The highest BCUT2D eigenvalue weighted by Crippen LogP contribution is 2.36. The second-order valence-electron chi connectivity index (χ2n) is 7.44. The topological polar surface area (TPSA) is 33.6 Å². The number of nitriles is 1. The van der Waals surface area contributed by atoms with E-state index in [-0.39, 0.29) is 0 Å². The lowest BCUT2D eigenvalue weighted by Gasteiger charge is -2.09. The SMILES string of the molecule is Cn1c2ccccc2c2ccc(-n3c4ccccc4c4c(C#N)cccc43)cc21. The minimum absolute atomic E-state index is 0.711. The Morgan fingerprint density at radius 2 is 1.34 bits per heavy atom. The van der Waals surface area contributed by atoms with Crippen LogP contribution in [0.1, 0.15) is 5.56 Å². The smallest absolute Gasteiger partial charge is 0.0998 e. The molecule has 29 heavy (non-hydrogen) atoms. The standard InChI is InChI=1S/C26H17N3/c1-28-22-10-4-2-8-19(22)20-14-13-18(15-25(20)28)29-23-11-5-3-9-21(23)26-17(16-27)7-6-12-24(26)29/h2-15H,1H3. The molecule has 0 aliphatic heterocycles. The number of para-hydroxylation sites is 2. The van der Waals surface area contributed by atoms with Gasteiger partial charge in [-0.2, -0.15) is 5.26 Å². The van der Waals surface area contributed by atoms with Gasteiger partial charge in [-0.1, -0.05) is 48.5 Å². The Labute approximate surface area is 167 Å². The van der Waals surface area contributed by atoms with Crippen molar-refractivity contribution in [1.82, 2.24) is 9.13 Å². The first-order chi connectivity index (χ1) is 14.3. The fraction of sp³-hybridized carbons (Fsp3) is 0.0385. The van der Waals surface area contributed by atoms with Crippen LogP contribution in [-0.2, 0) is 7.05 Å². The van der Waals surface area contributed by atoms with Gasteiger partial charge in [0.15, 0.2) is 0 Å². The van der Waals surface area contributed by atoms with Crippen LogP contribution in [0, 0.1) is 11.3 Å². The third-order valence-electron chi connectivity index (χ3n) is 5.97. The largest absolute Gasteiger partial charge is 0.344 e. The van der Waals surface area contributed by atoms with Crippen LogP contribution in [0.4, 0.5) is 0 Å². The number of aryl methyl sites for hydroxylation is 1. The van der Waals surface area contributed by atoms with Crippen molar-refractivity contribution in [2.75, 3.05) is 0 Å². The van der Waals surface area contributed by atoms with Crippen molar-refractivity contribution in [3.05, 3.63) is 90.5 Å². The van der Waals surface area contributed by atoms with Crippen molar-refractivity contribution >= 4 is 43.6 Å². The van der Waals surface area contributed by atoms with Gasteiger partial charge in [-0.25, -0.2) is 0 Å². The van der Waals surface area contributed by atoms with Crippen molar-refractivity contribution in [3.8, 4) is 11.8 Å². The zero-order chi connectivity index (χ0) is 19.5. The molecular weight excluding hydrogens is 354 g/mol. The minimum atomic E-state index is 0.711. The Kier molecular flexibility index (Phi) is 3.16. The van der Waals surface area contributed by atoms with Crippen LogP contribution in [0.25, 0.3) is 49.3 Å². The van der Waals surface area contributed by atoms with Crippen LogP contribution < -0.4 is 0 Å². The monoisotopic (exact) mass is 371 g/mol. The summed E-state index contributed by atoms with van der Waals surface area (Å²) in [6, 6.07) is 31.8. The second kappa shape index (κ2) is 5.73. The number of nitrogens with zero attached hydrogens (tertiary/aromatic N) is 3. The summed E-state index contributed by atoms with van der Waals surface area (Å²) in [5, 5.41) is 14.3. The van der Waals surface area contributed by atoms with Gasteiger partial charge in [-0.15, -0.1) is 0 Å². The van der Waals surface area contributed by atoms with E-state index < -0.39 is 0 Å². The van der Waals surface area contributed by atoms with Crippen LogP contribution in [0.15, 0.2) is 84.9 Å². The number of benzene rings is 4. The van der Waals surface area contributed by atoms with Gasteiger partial charge in [0.25, 0.3) is 0 Å². The molecule has 0 spiro atoms. The number of fused-ring (bicyclic) bond motifs is 6. The van der Waals surface area contributed by atoms with Crippen molar-refractivity contribution in [2.24, 2.45) is 7.05 Å². The molecule has 0 radical (unpaired) electrons. The van der Waals surface area contributed by atoms with Crippen LogP contribution in [-0.4, -0.2) is 9.13 Å². The lowest BCUT2D eigenvalue weighted by atomic mass is 10.1. The van der Waals surface area contributed by atoms with E-state index in [2.05, 4.69) is 89.0 Å². The molecule has 0 bridgehead atoms. The van der Waals surface area contributed by atoms with Gasteiger partial charge in [-0.05, 0) is 36.4 Å². The van der Waals surface area contributed by atoms with E-state index in [4.69, 9.17) is 0 Å². The van der Waals surface area contributed by atoms with Crippen molar-refractivity contribution in [1.29, 1.82) is 5.26 Å². The minimum Gasteiger partial charge on any atom is -0.344 e. The van der Waals surface area contributed by atoms with Gasteiger partial charge < -0.3 is 9.13 Å². The molecule has 3 nitrogen and oxygen atoms in total. The Balaban J connectivity index is 1.76. The molecule has 0 amide bonds. The van der Waals surface area contributed by atoms with Gasteiger partial charge in [0, 0.05) is 39.8 Å². The number of rotatable bonds is 1. The van der Waals surface area contributed by atoms with Gasteiger partial charge >= 0.3 is 0 Å². The van der Waals surface area contributed by atoms with E-state index in [0.717, 1.165) is 27.5 Å². The summed E-state index contributed by atoms with van der Waals surface area (Å²) >= 11 is 0. The maximum atomic E-state index is 9.67. The zero-order valence-electron chi connectivity index (χ0n) is 15.9. The van der Waals surface area contributed by atoms with Gasteiger partial charge in [0.05, 0.1) is 28.2 Å². The van der Waals surface area contributed by atoms with E-state index in [1.807, 2.05) is 18.2 Å². The molecule has 136 valence electrons. The third-order valence-corrected chi connectivity index (χ3v) is 5.97. The maximum absolute atomic E-state index is 9.67. The normalized spacial score (nSPS) is 11.6. The van der Waals surface area contributed by atoms with Crippen LogP contribution >= 0.6 is 0 Å². The Bertz CT molecular complexity index is 1620. The summed E-state index contributed by atoms with van der Waals surface area (Å²) in [5.41, 5.74) is 6.42. The second-order valence-corrected chi connectivity index (χ2v) is 7.44. The molecule has 0 atom stereocenters. The van der Waals surface area contributed by atoms with E-state index in [9.17, 15) is 5.26 Å². The van der Waals surface area contributed by atoms with E-state index >= 15 is 0 Å². The molecule has 0 fully saturated rings. The average Bonchev–Trinajstić information content (AvgIpc) is 3.26. The average molecular weight is 371 g/mol. The van der Waals surface area contributed by atoms with Gasteiger partial charge in [0.1, 0.15) is 0 Å². The summed E-state index contributed by atoms with van der Waals surface area (Å²) < 4.78 is 4.52. The van der Waals surface area contributed by atoms with Crippen molar-refractivity contribution < 1.29 is 0 Å². The molecule has 0 saturated carbocycles. The highest BCUT2D eigenvalue weighted by molar-refractivity contribution is 6.12. The summed E-state index contributed by atoms with van der Waals surface area (Å²) in [7, 11) is 2.12. The Morgan fingerprint density at radius 3 is 2.17 bits per heavy atom. The molecule has 6 rings (SSSR count). The first-order valence-electron chi connectivity index (χ1n) is 9.68. The summed E-state index contributed by atoms with van der Waals surface area (Å²) in [5.74, 6) is 0. The van der Waals surface area contributed by atoms with Gasteiger partial charge in [-0.3, -0.25) is 0 Å². The van der Waals surface area contributed by atoms with Crippen LogP contribution in [0.5, 0.6) is 0 Å². The van der Waals surface area contributed by atoms with Crippen molar-refractivity contribution in [2.45, 2.75) is 0 Å². The molecule has 0 unspecified atom stereocenters. The molecule has 6 aromatic rings. The summed E-state index contributed by atoms with van der Waals surface area (Å²) in [4.78, 5) is 0. The summed E-state index contributed by atoms with van der Waals surface area (Å²) in [6.07, 6.45) is 0. The lowest BCUT2D eigenvalue weighted by molar-refractivity contribution is 1.01. The highest BCUT2D eigenvalue weighted by Gasteiger charge is 2.16. The predicted molar refractivity (Wildman–Crippen MR) is 119 cm³/mol. The van der Waals surface area contributed by atoms with Crippen molar-refractivity contribution in [3.63, 3.8) is 0 Å². The predicted octanol–water partition coefficient (Wildman–Crippen LogP) is 6.30.